The van der Waals surface area contributed by atoms with Crippen LogP contribution in [-0.2, 0) is 0 Å². The van der Waals surface area contributed by atoms with Crippen molar-refractivity contribution in [1.82, 2.24) is 0 Å². The highest BCUT2D eigenvalue weighted by atomic mass is 14.3. The lowest BCUT2D eigenvalue weighted by molar-refractivity contribution is 0.252. The molecule has 80 valence electrons. The third kappa shape index (κ3) is 2.62. The van der Waals surface area contributed by atoms with Gasteiger partial charge in [0.2, 0.25) is 0 Å². The molecule has 0 aromatic heterocycles. The first-order chi connectivity index (χ1) is 6.86. The maximum atomic E-state index is 2.53. The van der Waals surface area contributed by atoms with Crippen molar-refractivity contribution in [3.63, 3.8) is 0 Å². The SMILES string of the molecule is C[C@@H]1CCCCC1CC1=CCCCC1. The lowest BCUT2D eigenvalue weighted by Gasteiger charge is -2.30. The molecule has 14 heavy (non-hydrogen) atoms. The van der Waals surface area contributed by atoms with Gasteiger partial charge in [-0.1, -0.05) is 37.8 Å². The minimum atomic E-state index is 0.992. The van der Waals surface area contributed by atoms with Crippen molar-refractivity contribution < 1.29 is 0 Å². The lowest BCUT2D eigenvalue weighted by atomic mass is 9.76. The molecule has 0 nitrogen and oxygen atoms in total. The van der Waals surface area contributed by atoms with Crippen LogP contribution in [0.3, 0.4) is 0 Å². The second kappa shape index (κ2) is 5.00. The van der Waals surface area contributed by atoms with Gasteiger partial charge in [-0.2, -0.15) is 0 Å². The minimum absolute atomic E-state index is 0.992. The van der Waals surface area contributed by atoms with E-state index < -0.39 is 0 Å². The number of allylic oxidation sites excluding steroid dienone is 2. The summed E-state index contributed by atoms with van der Waals surface area (Å²) in [5, 5.41) is 0. The first-order valence-electron chi connectivity index (χ1n) is 6.54. The maximum absolute atomic E-state index is 2.53. The topological polar surface area (TPSA) is 0 Å². The highest BCUT2D eigenvalue weighted by Gasteiger charge is 2.22. The fraction of sp³-hybridized carbons (Fsp3) is 0.857. The van der Waals surface area contributed by atoms with Crippen LogP contribution in [0.25, 0.3) is 0 Å². The quantitative estimate of drug-likeness (QED) is 0.556. The molecule has 2 atom stereocenters. The van der Waals surface area contributed by atoms with Gasteiger partial charge in [0.25, 0.3) is 0 Å². The van der Waals surface area contributed by atoms with Crippen molar-refractivity contribution in [2.24, 2.45) is 11.8 Å². The normalized spacial score (nSPS) is 33.9. The van der Waals surface area contributed by atoms with Crippen molar-refractivity contribution in [3.05, 3.63) is 11.6 Å². The zero-order valence-corrected chi connectivity index (χ0v) is 9.60. The third-order valence-corrected chi connectivity index (χ3v) is 4.20. The van der Waals surface area contributed by atoms with E-state index in [2.05, 4.69) is 13.0 Å². The monoisotopic (exact) mass is 192 g/mol. The molecule has 2 rings (SSSR count). The van der Waals surface area contributed by atoms with Gasteiger partial charge in [-0.25, -0.2) is 0 Å². The molecule has 0 radical (unpaired) electrons. The van der Waals surface area contributed by atoms with Gasteiger partial charge in [0, 0.05) is 0 Å². The van der Waals surface area contributed by atoms with E-state index in [1.807, 2.05) is 0 Å². The highest BCUT2D eigenvalue weighted by molar-refractivity contribution is 5.06. The van der Waals surface area contributed by atoms with E-state index in [1.54, 1.807) is 5.57 Å². The van der Waals surface area contributed by atoms with Gasteiger partial charge in [-0.15, -0.1) is 0 Å². The Labute approximate surface area is 88.8 Å². The fourth-order valence-corrected chi connectivity index (χ4v) is 3.12. The molecule has 0 spiro atoms. The summed E-state index contributed by atoms with van der Waals surface area (Å²) >= 11 is 0. The van der Waals surface area contributed by atoms with E-state index >= 15 is 0 Å². The third-order valence-electron chi connectivity index (χ3n) is 4.20. The van der Waals surface area contributed by atoms with Gasteiger partial charge in [0.1, 0.15) is 0 Å². The first-order valence-corrected chi connectivity index (χ1v) is 6.54. The predicted octanol–water partition coefficient (Wildman–Crippen LogP) is 4.70. The van der Waals surface area contributed by atoms with E-state index in [4.69, 9.17) is 0 Å². The summed E-state index contributed by atoms with van der Waals surface area (Å²) in [7, 11) is 0. The van der Waals surface area contributed by atoms with Crippen LogP contribution in [0.5, 0.6) is 0 Å². The molecule has 0 heterocycles. The molecule has 0 aromatic carbocycles. The van der Waals surface area contributed by atoms with E-state index in [1.165, 1.54) is 57.8 Å². The molecule has 1 fully saturated rings. The zero-order chi connectivity index (χ0) is 9.80. The molecule has 1 saturated carbocycles. The summed E-state index contributed by atoms with van der Waals surface area (Å²) in [4.78, 5) is 0. The minimum Gasteiger partial charge on any atom is -0.0853 e. The van der Waals surface area contributed by atoms with E-state index in [0.717, 1.165) is 11.8 Å². The lowest BCUT2D eigenvalue weighted by Crippen LogP contribution is -2.17. The molecular weight excluding hydrogens is 168 g/mol. The Morgan fingerprint density at radius 3 is 2.71 bits per heavy atom. The number of hydrogen-bond donors (Lipinski definition) is 0. The summed E-state index contributed by atoms with van der Waals surface area (Å²) in [5.41, 5.74) is 1.79. The number of hydrogen-bond acceptors (Lipinski definition) is 0. The summed E-state index contributed by atoms with van der Waals surface area (Å²) in [6, 6.07) is 0. The van der Waals surface area contributed by atoms with Crippen LogP contribution in [0.2, 0.25) is 0 Å². The van der Waals surface area contributed by atoms with Gasteiger partial charge in [-0.3, -0.25) is 0 Å². The van der Waals surface area contributed by atoms with Crippen molar-refractivity contribution in [3.8, 4) is 0 Å². The van der Waals surface area contributed by atoms with Gasteiger partial charge in [0.05, 0.1) is 0 Å². The summed E-state index contributed by atoms with van der Waals surface area (Å²) in [6.07, 6.45) is 15.6. The Hall–Kier alpha value is -0.260. The number of rotatable bonds is 2. The predicted molar refractivity (Wildman–Crippen MR) is 62.3 cm³/mol. The molecular formula is C14H24. The molecule has 0 heteroatoms. The maximum Gasteiger partial charge on any atom is -0.0289 e. The van der Waals surface area contributed by atoms with Crippen molar-refractivity contribution in [2.45, 2.75) is 64.7 Å². The van der Waals surface area contributed by atoms with Crippen LogP contribution in [0.1, 0.15) is 64.7 Å². The van der Waals surface area contributed by atoms with Crippen LogP contribution >= 0.6 is 0 Å². The van der Waals surface area contributed by atoms with Crippen molar-refractivity contribution >= 4 is 0 Å². The summed E-state index contributed by atoms with van der Waals surface area (Å²) < 4.78 is 0. The van der Waals surface area contributed by atoms with Crippen LogP contribution in [0, 0.1) is 11.8 Å². The molecule has 0 aromatic rings. The molecule has 2 aliphatic carbocycles. The van der Waals surface area contributed by atoms with Gasteiger partial charge >= 0.3 is 0 Å². The molecule has 2 aliphatic rings. The van der Waals surface area contributed by atoms with Gasteiger partial charge < -0.3 is 0 Å². The molecule has 0 aliphatic heterocycles. The Kier molecular flexibility index (Phi) is 3.67. The molecule has 1 unspecified atom stereocenters. The summed E-state index contributed by atoms with van der Waals surface area (Å²) in [6.45, 7) is 2.47. The van der Waals surface area contributed by atoms with Gasteiger partial charge in [-0.05, 0) is 50.4 Å². The second-order valence-electron chi connectivity index (χ2n) is 5.33. The zero-order valence-electron chi connectivity index (χ0n) is 9.60. The van der Waals surface area contributed by atoms with E-state index in [9.17, 15) is 0 Å². The standard InChI is InChI=1S/C14H24/c1-12-7-5-6-10-14(12)11-13-8-3-2-4-9-13/h8,12,14H,2-7,9-11H2,1H3/t12-,14?/m1/s1. The molecule has 0 N–H and O–H groups in total. The van der Waals surface area contributed by atoms with E-state index in [0.29, 0.717) is 0 Å². The summed E-state index contributed by atoms with van der Waals surface area (Å²) in [5.74, 6) is 2.01. The van der Waals surface area contributed by atoms with Gasteiger partial charge in [0.15, 0.2) is 0 Å². The first kappa shape index (κ1) is 10.3. The average molecular weight is 192 g/mol. The molecule has 0 bridgehead atoms. The van der Waals surface area contributed by atoms with Crippen LogP contribution in [0.4, 0.5) is 0 Å². The van der Waals surface area contributed by atoms with Crippen LogP contribution in [-0.4, -0.2) is 0 Å². The Morgan fingerprint density at radius 2 is 2.00 bits per heavy atom. The second-order valence-corrected chi connectivity index (χ2v) is 5.33. The molecule has 0 amide bonds. The van der Waals surface area contributed by atoms with Crippen molar-refractivity contribution in [1.29, 1.82) is 0 Å². The Morgan fingerprint density at radius 1 is 1.14 bits per heavy atom. The molecule has 0 saturated heterocycles. The average Bonchev–Trinajstić information content (AvgIpc) is 2.23. The largest absolute Gasteiger partial charge is 0.0853 e. The Bertz CT molecular complexity index is 202. The van der Waals surface area contributed by atoms with Crippen molar-refractivity contribution in [2.75, 3.05) is 0 Å². The van der Waals surface area contributed by atoms with Crippen LogP contribution < -0.4 is 0 Å². The smallest absolute Gasteiger partial charge is 0.0289 e. The van der Waals surface area contributed by atoms with Crippen LogP contribution in [0.15, 0.2) is 11.6 Å². The highest BCUT2D eigenvalue weighted by Crippen LogP contribution is 2.35. The van der Waals surface area contributed by atoms with E-state index in [-0.39, 0.29) is 0 Å². The Balaban J connectivity index is 1.85. The fourth-order valence-electron chi connectivity index (χ4n) is 3.12.